The smallest absolute Gasteiger partial charge is 0.221 e. The van der Waals surface area contributed by atoms with E-state index in [0.29, 0.717) is 22.6 Å². The van der Waals surface area contributed by atoms with Gasteiger partial charge in [0.2, 0.25) is 5.91 Å². The van der Waals surface area contributed by atoms with Crippen LogP contribution in [0.25, 0.3) is 0 Å². The van der Waals surface area contributed by atoms with Crippen LogP contribution in [0.4, 0.5) is 5.69 Å². The van der Waals surface area contributed by atoms with Gasteiger partial charge in [-0.3, -0.25) is 9.59 Å². The molecule has 1 N–H and O–H groups in total. The number of rotatable bonds is 5. The number of ether oxygens (including phenoxy) is 1. The Morgan fingerprint density at radius 3 is 2.27 bits per heavy atom. The third-order valence-corrected chi connectivity index (χ3v) is 2.88. The Morgan fingerprint density at radius 2 is 1.73 bits per heavy atom. The highest BCUT2D eigenvalue weighted by Gasteiger charge is 2.07. The fourth-order valence-corrected chi connectivity index (χ4v) is 1.80. The van der Waals surface area contributed by atoms with Crippen LogP contribution < -0.4 is 10.1 Å². The third-order valence-electron chi connectivity index (χ3n) is 2.88. The van der Waals surface area contributed by atoms with Crippen molar-refractivity contribution in [1.29, 1.82) is 5.26 Å². The number of carbonyl (C=O) groups excluding carboxylic acids is 2. The van der Waals surface area contributed by atoms with E-state index in [0.717, 1.165) is 0 Å². The summed E-state index contributed by atoms with van der Waals surface area (Å²) in [5, 5.41) is 11.3. The van der Waals surface area contributed by atoms with E-state index in [9.17, 15) is 9.59 Å². The Kier molecular flexibility index (Phi) is 4.89. The molecule has 2 rings (SSSR count). The van der Waals surface area contributed by atoms with Gasteiger partial charge in [0.05, 0.1) is 11.6 Å². The molecule has 0 unspecified atom stereocenters. The van der Waals surface area contributed by atoms with Gasteiger partial charge in [-0.2, -0.15) is 5.26 Å². The quantitative estimate of drug-likeness (QED) is 0.860. The summed E-state index contributed by atoms with van der Waals surface area (Å²) in [6.07, 6.45) is 0. The minimum atomic E-state index is -0.168. The SMILES string of the molecule is CC(=O)Nc1ccc(C(=O)COc2ccc(C#N)cc2)cc1. The average molecular weight is 294 g/mol. The van der Waals surface area contributed by atoms with Gasteiger partial charge in [-0.1, -0.05) is 0 Å². The molecule has 0 radical (unpaired) electrons. The zero-order valence-electron chi connectivity index (χ0n) is 12.0. The first-order valence-electron chi connectivity index (χ1n) is 6.62. The van der Waals surface area contributed by atoms with Crippen molar-refractivity contribution < 1.29 is 14.3 Å². The summed E-state index contributed by atoms with van der Waals surface area (Å²) in [6.45, 7) is 1.33. The third kappa shape index (κ3) is 4.18. The van der Waals surface area contributed by atoms with Crippen molar-refractivity contribution in [2.24, 2.45) is 0 Å². The van der Waals surface area contributed by atoms with Crippen molar-refractivity contribution in [1.82, 2.24) is 0 Å². The monoisotopic (exact) mass is 294 g/mol. The Bertz CT molecular complexity index is 713. The molecular weight excluding hydrogens is 280 g/mol. The molecule has 2 aromatic rings. The van der Waals surface area contributed by atoms with Crippen LogP contribution in [0.3, 0.4) is 0 Å². The van der Waals surface area contributed by atoms with Crippen LogP contribution >= 0.6 is 0 Å². The molecule has 22 heavy (non-hydrogen) atoms. The molecule has 0 aliphatic heterocycles. The number of nitriles is 1. The molecule has 0 aliphatic carbocycles. The van der Waals surface area contributed by atoms with Gasteiger partial charge < -0.3 is 10.1 Å². The predicted octanol–water partition coefficient (Wildman–Crippen LogP) is 2.78. The van der Waals surface area contributed by atoms with Crippen LogP contribution in [0, 0.1) is 11.3 Å². The number of hydrogen-bond donors (Lipinski definition) is 1. The van der Waals surface area contributed by atoms with Gasteiger partial charge in [0.1, 0.15) is 5.75 Å². The molecule has 2 aromatic carbocycles. The van der Waals surface area contributed by atoms with Gasteiger partial charge in [-0.25, -0.2) is 0 Å². The lowest BCUT2D eigenvalue weighted by Crippen LogP contribution is -2.12. The zero-order valence-corrected chi connectivity index (χ0v) is 12.0. The second-order valence-corrected chi connectivity index (χ2v) is 4.61. The topological polar surface area (TPSA) is 79.2 Å². The summed E-state index contributed by atoms with van der Waals surface area (Å²) in [7, 11) is 0. The summed E-state index contributed by atoms with van der Waals surface area (Å²) in [5.74, 6) is 0.198. The number of carbonyl (C=O) groups is 2. The average Bonchev–Trinajstić information content (AvgIpc) is 2.53. The Balaban J connectivity index is 1.94. The normalized spacial score (nSPS) is 9.64. The van der Waals surface area contributed by atoms with Crippen molar-refractivity contribution in [3.63, 3.8) is 0 Å². The fourth-order valence-electron chi connectivity index (χ4n) is 1.80. The fraction of sp³-hybridized carbons (Fsp3) is 0.118. The largest absolute Gasteiger partial charge is 0.485 e. The molecule has 0 fully saturated rings. The molecule has 0 aliphatic rings. The van der Waals surface area contributed by atoms with Gasteiger partial charge in [0, 0.05) is 18.2 Å². The summed E-state index contributed by atoms with van der Waals surface area (Å²) in [5.41, 5.74) is 1.67. The van der Waals surface area contributed by atoms with Gasteiger partial charge >= 0.3 is 0 Å². The van der Waals surface area contributed by atoms with Gasteiger partial charge in [-0.05, 0) is 48.5 Å². The number of Topliss-reactive ketones (excluding diaryl/α,β-unsaturated/α-hetero) is 1. The lowest BCUT2D eigenvalue weighted by atomic mass is 10.1. The molecule has 5 heteroatoms. The number of hydrogen-bond acceptors (Lipinski definition) is 4. The molecule has 0 atom stereocenters. The van der Waals surface area contributed by atoms with E-state index in [1.54, 1.807) is 48.5 Å². The van der Waals surface area contributed by atoms with Crippen LogP contribution in [0.1, 0.15) is 22.8 Å². The first kappa shape index (κ1) is 15.3. The molecule has 0 spiro atoms. The highest BCUT2D eigenvalue weighted by Crippen LogP contribution is 2.13. The number of ketones is 1. The molecule has 0 saturated heterocycles. The highest BCUT2D eigenvalue weighted by atomic mass is 16.5. The van der Waals surface area contributed by atoms with Crippen molar-refractivity contribution in [3.05, 3.63) is 59.7 Å². The van der Waals surface area contributed by atoms with Crippen LogP contribution in [0.5, 0.6) is 5.75 Å². The summed E-state index contributed by atoms with van der Waals surface area (Å²) in [6, 6.07) is 15.1. The number of benzene rings is 2. The molecule has 5 nitrogen and oxygen atoms in total. The Labute approximate surface area is 128 Å². The van der Waals surface area contributed by atoms with Crippen molar-refractivity contribution >= 4 is 17.4 Å². The van der Waals surface area contributed by atoms with Crippen LogP contribution in [-0.4, -0.2) is 18.3 Å². The number of nitrogens with one attached hydrogen (secondary N) is 1. The van der Waals surface area contributed by atoms with E-state index in [1.165, 1.54) is 6.92 Å². The predicted molar refractivity (Wildman–Crippen MR) is 81.7 cm³/mol. The minimum absolute atomic E-state index is 0.0919. The van der Waals surface area contributed by atoms with E-state index in [4.69, 9.17) is 10.00 Å². The molecule has 1 amide bonds. The Hall–Kier alpha value is -3.13. The van der Waals surface area contributed by atoms with Crippen molar-refractivity contribution in [3.8, 4) is 11.8 Å². The number of nitrogens with zero attached hydrogens (tertiary/aromatic N) is 1. The maximum Gasteiger partial charge on any atom is 0.221 e. The molecule has 0 heterocycles. The lowest BCUT2D eigenvalue weighted by Gasteiger charge is -2.06. The lowest BCUT2D eigenvalue weighted by molar-refractivity contribution is -0.114. The van der Waals surface area contributed by atoms with Crippen LogP contribution in [0.2, 0.25) is 0 Å². The minimum Gasteiger partial charge on any atom is -0.485 e. The highest BCUT2D eigenvalue weighted by molar-refractivity contribution is 5.98. The second-order valence-electron chi connectivity index (χ2n) is 4.61. The van der Waals surface area contributed by atoms with Crippen molar-refractivity contribution in [2.45, 2.75) is 6.92 Å². The van der Waals surface area contributed by atoms with E-state index in [2.05, 4.69) is 5.32 Å². The first-order valence-corrected chi connectivity index (χ1v) is 6.62. The standard InChI is InChI=1S/C17H14N2O3/c1-12(20)19-15-6-4-14(5-7-15)17(21)11-22-16-8-2-13(10-18)3-9-16/h2-9H,11H2,1H3,(H,19,20). The molecule has 110 valence electrons. The van der Waals surface area contributed by atoms with Crippen molar-refractivity contribution in [2.75, 3.05) is 11.9 Å². The molecular formula is C17H14N2O3. The van der Waals surface area contributed by atoms with E-state index in [-0.39, 0.29) is 18.3 Å². The van der Waals surface area contributed by atoms with Gasteiger partial charge in [-0.15, -0.1) is 0 Å². The first-order chi connectivity index (χ1) is 10.6. The molecule has 0 bridgehead atoms. The Morgan fingerprint density at radius 1 is 1.09 bits per heavy atom. The molecule has 0 saturated carbocycles. The van der Waals surface area contributed by atoms with E-state index < -0.39 is 0 Å². The van der Waals surface area contributed by atoms with Gasteiger partial charge in [0.25, 0.3) is 0 Å². The zero-order chi connectivity index (χ0) is 15.9. The summed E-state index contributed by atoms with van der Waals surface area (Å²) >= 11 is 0. The number of anilines is 1. The maximum atomic E-state index is 12.0. The van der Waals surface area contributed by atoms with Crippen LogP contribution in [-0.2, 0) is 4.79 Å². The number of amides is 1. The van der Waals surface area contributed by atoms with Gasteiger partial charge in [0.15, 0.2) is 12.4 Å². The van der Waals surface area contributed by atoms with Crippen LogP contribution in [0.15, 0.2) is 48.5 Å². The summed E-state index contributed by atoms with van der Waals surface area (Å²) < 4.78 is 5.39. The maximum absolute atomic E-state index is 12.0. The molecule has 0 aromatic heterocycles. The second kappa shape index (κ2) is 7.04. The van der Waals surface area contributed by atoms with E-state index in [1.807, 2.05) is 6.07 Å². The summed E-state index contributed by atoms with van der Waals surface area (Å²) in [4.78, 5) is 22.9. The van der Waals surface area contributed by atoms with E-state index >= 15 is 0 Å².